The van der Waals surface area contributed by atoms with Crippen molar-refractivity contribution in [3.05, 3.63) is 0 Å². The van der Waals surface area contributed by atoms with Gasteiger partial charge < -0.3 is 33.8 Å². The van der Waals surface area contributed by atoms with Crippen LogP contribution in [0.1, 0.15) is 337 Å². The second-order valence-corrected chi connectivity index (χ2v) is 28.1. The zero-order valence-corrected chi connectivity index (χ0v) is 57.4. The minimum Gasteiger partial charge on any atom is -0.462 e. The summed E-state index contributed by atoms with van der Waals surface area (Å²) in [5, 5.41) is 10.5. The smallest absolute Gasteiger partial charge is 0.462 e. The van der Waals surface area contributed by atoms with Crippen molar-refractivity contribution < 1.29 is 80.2 Å². The lowest BCUT2D eigenvalue weighted by Crippen LogP contribution is -2.30. The second-order valence-electron chi connectivity index (χ2n) is 25.2. The fourth-order valence-electron chi connectivity index (χ4n) is 10.1. The minimum atomic E-state index is -4.95. The van der Waals surface area contributed by atoms with Gasteiger partial charge in [0.15, 0.2) is 12.2 Å². The molecule has 0 aromatic carbocycles. The van der Waals surface area contributed by atoms with Crippen molar-refractivity contribution in [3.8, 4) is 0 Å². The highest BCUT2D eigenvalue weighted by Crippen LogP contribution is 2.45. The number of phosphoric acid groups is 2. The van der Waals surface area contributed by atoms with Gasteiger partial charge in [0.2, 0.25) is 0 Å². The van der Waals surface area contributed by atoms with E-state index in [1.54, 1.807) is 0 Å². The van der Waals surface area contributed by atoms with Crippen molar-refractivity contribution in [2.24, 2.45) is 11.8 Å². The molecule has 0 aliphatic rings. The number of ether oxygens (including phenoxy) is 4. The van der Waals surface area contributed by atoms with Crippen LogP contribution >= 0.6 is 15.6 Å². The number of esters is 4. The lowest BCUT2D eigenvalue weighted by molar-refractivity contribution is -0.161. The Morgan fingerprint density at radius 2 is 0.535 bits per heavy atom. The maximum Gasteiger partial charge on any atom is 0.472 e. The SMILES string of the molecule is CCCCCCCCCCCCCCC(=O)OC[C@H](COP(=O)(O)OC[C@@H](O)COP(=O)(O)OC[C@@H](COC(=O)CCCCCCCCC)OC(=O)CCCCCCCCC(C)C)OC(=O)CCCCCCCCCCCCCCCCCC(C)C. The molecule has 2 unspecified atom stereocenters. The summed E-state index contributed by atoms with van der Waals surface area (Å²) in [7, 11) is -9.89. The van der Waals surface area contributed by atoms with Crippen LogP contribution in [0.15, 0.2) is 0 Å². The molecule has 0 radical (unpaired) electrons. The topological polar surface area (TPSA) is 237 Å². The third kappa shape index (κ3) is 60.9. The van der Waals surface area contributed by atoms with E-state index in [1.807, 2.05) is 0 Å². The van der Waals surface area contributed by atoms with Crippen molar-refractivity contribution in [1.82, 2.24) is 0 Å². The van der Waals surface area contributed by atoms with Gasteiger partial charge in [-0.05, 0) is 37.5 Å². The van der Waals surface area contributed by atoms with Crippen LogP contribution in [0.3, 0.4) is 0 Å². The van der Waals surface area contributed by atoms with E-state index in [2.05, 4.69) is 41.5 Å². The van der Waals surface area contributed by atoms with Crippen molar-refractivity contribution >= 4 is 39.5 Å². The van der Waals surface area contributed by atoms with E-state index in [-0.39, 0.29) is 25.7 Å². The predicted molar refractivity (Wildman–Crippen MR) is 345 cm³/mol. The van der Waals surface area contributed by atoms with Crippen LogP contribution < -0.4 is 0 Å². The van der Waals surface area contributed by atoms with E-state index >= 15 is 0 Å². The molecule has 0 saturated carbocycles. The van der Waals surface area contributed by atoms with Crippen molar-refractivity contribution in [3.63, 3.8) is 0 Å². The summed E-state index contributed by atoms with van der Waals surface area (Å²) >= 11 is 0. The van der Waals surface area contributed by atoms with E-state index in [4.69, 9.17) is 37.0 Å². The Hall–Kier alpha value is -1.94. The van der Waals surface area contributed by atoms with Gasteiger partial charge in [0.1, 0.15) is 19.3 Å². The number of phosphoric ester groups is 2. The lowest BCUT2D eigenvalue weighted by Gasteiger charge is -2.21. The number of hydrogen-bond acceptors (Lipinski definition) is 15. The Morgan fingerprint density at radius 3 is 0.791 bits per heavy atom. The Kier molecular flexibility index (Phi) is 58.0. The van der Waals surface area contributed by atoms with Gasteiger partial charge in [-0.1, -0.05) is 286 Å². The predicted octanol–water partition coefficient (Wildman–Crippen LogP) is 18.8. The minimum absolute atomic E-state index is 0.102. The standard InChI is InChI=1S/C67H130O17P2/c1-7-9-11-13-15-16-17-24-27-31-38-44-50-65(70)78-56-62(83-66(71)51-45-39-32-28-25-22-20-18-19-21-23-26-30-35-41-47-59(3)4)57-81-85(73,74)79-53-61(68)54-80-86(75,76)82-58-63(55-77-64(69)49-43-37-29-14-12-10-8-2)84-67(72)52-46-40-34-33-36-42-48-60(5)6/h59-63,68H,7-58H2,1-6H3,(H,73,74)(H,75,76)/t61-,62-,63-/m1/s1. The molecule has 3 N–H and O–H groups in total. The number of aliphatic hydroxyl groups excluding tert-OH is 1. The molecule has 0 aliphatic carbocycles. The summed E-state index contributed by atoms with van der Waals surface area (Å²) in [4.78, 5) is 72.2. The molecule has 0 amide bonds. The molecule has 0 rings (SSSR count). The monoisotopic (exact) mass is 1270 g/mol. The van der Waals surface area contributed by atoms with Gasteiger partial charge in [-0.15, -0.1) is 0 Å². The Labute approximate surface area is 524 Å². The van der Waals surface area contributed by atoms with Crippen molar-refractivity contribution in [1.29, 1.82) is 0 Å². The molecular formula is C67H130O17P2. The molecule has 0 fully saturated rings. The maximum absolute atomic E-state index is 13.0. The van der Waals surface area contributed by atoms with E-state index in [9.17, 15) is 43.2 Å². The zero-order valence-electron chi connectivity index (χ0n) is 55.6. The highest BCUT2D eigenvalue weighted by Gasteiger charge is 2.30. The molecule has 5 atom stereocenters. The van der Waals surface area contributed by atoms with Crippen LogP contribution in [-0.4, -0.2) is 96.7 Å². The van der Waals surface area contributed by atoms with Crippen LogP contribution in [0.25, 0.3) is 0 Å². The van der Waals surface area contributed by atoms with E-state index < -0.39 is 97.5 Å². The van der Waals surface area contributed by atoms with Crippen LogP contribution in [-0.2, 0) is 65.4 Å². The first kappa shape index (κ1) is 84.1. The number of hydrogen-bond donors (Lipinski definition) is 3. The Bertz CT molecular complexity index is 1680. The molecule has 0 spiro atoms. The quantitative estimate of drug-likeness (QED) is 0.0222. The molecule has 17 nitrogen and oxygen atoms in total. The first-order valence-electron chi connectivity index (χ1n) is 35.0. The number of rotatable bonds is 66. The van der Waals surface area contributed by atoms with Gasteiger partial charge in [0, 0.05) is 25.7 Å². The maximum atomic E-state index is 13.0. The van der Waals surface area contributed by atoms with Crippen LogP contribution in [0, 0.1) is 11.8 Å². The van der Waals surface area contributed by atoms with Crippen LogP contribution in [0.4, 0.5) is 0 Å². The molecule has 0 aromatic rings. The van der Waals surface area contributed by atoms with Crippen LogP contribution in [0.5, 0.6) is 0 Å². The molecule has 510 valence electrons. The second kappa shape index (κ2) is 59.4. The molecule has 0 bridgehead atoms. The summed E-state index contributed by atoms with van der Waals surface area (Å²) in [6.07, 6.45) is 43.4. The highest BCUT2D eigenvalue weighted by atomic mass is 31.2. The van der Waals surface area contributed by atoms with Crippen molar-refractivity contribution in [2.45, 2.75) is 355 Å². The summed E-state index contributed by atoms with van der Waals surface area (Å²) < 4.78 is 68.0. The normalized spacial score (nSPS) is 14.2. The summed E-state index contributed by atoms with van der Waals surface area (Å²) in [6.45, 7) is 9.41. The summed E-state index contributed by atoms with van der Waals surface area (Å²) in [5.74, 6) is -0.664. The van der Waals surface area contributed by atoms with Crippen molar-refractivity contribution in [2.75, 3.05) is 39.6 Å². The Balaban J connectivity index is 5.17. The number of carbonyl (C=O) groups excluding carboxylic acids is 4. The summed E-state index contributed by atoms with van der Waals surface area (Å²) in [6, 6.07) is 0. The molecule has 0 aliphatic heterocycles. The van der Waals surface area contributed by atoms with E-state index in [1.165, 1.54) is 141 Å². The average Bonchev–Trinajstić information content (AvgIpc) is 3.62. The van der Waals surface area contributed by atoms with Gasteiger partial charge >= 0.3 is 39.5 Å². The number of aliphatic hydroxyl groups is 1. The van der Waals surface area contributed by atoms with Gasteiger partial charge in [0.05, 0.1) is 26.4 Å². The van der Waals surface area contributed by atoms with E-state index in [0.29, 0.717) is 31.6 Å². The first-order valence-corrected chi connectivity index (χ1v) is 38.0. The first-order chi connectivity index (χ1) is 41.4. The molecule has 0 heterocycles. The highest BCUT2D eigenvalue weighted by molar-refractivity contribution is 7.47. The number of unbranched alkanes of at least 4 members (excludes halogenated alkanes) is 36. The van der Waals surface area contributed by atoms with Gasteiger partial charge in [-0.3, -0.25) is 37.3 Å². The third-order valence-electron chi connectivity index (χ3n) is 15.5. The number of carbonyl (C=O) groups is 4. The molecule has 19 heteroatoms. The molecule has 0 saturated heterocycles. The zero-order chi connectivity index (χ0) is 63.6. The van der Waals surface area contributed by atoms with Gasteiger partial charge in [-0.25, -0.2) is 9.13 Å². The fourth-order valence-corrected chi connectivity index (χ4v) is 11.6. The fraction of sp³-hybridized carbons (Fsp3) is 0.940. The lowest BCUT2D eigenvalue weighted by atomic mass is 10.0. The largest absolute Gasteiger partial charge is 0.472 e. The Morgan fingerprint density at radius 1 is 0.314 bits per heavy atom. The summed E-state index contributed by atoms with van der Waals surface area (Å²) in [5.41, 5.74) is 0. The molecule has 0 aromatic heterocycles. The van der Waals surface area contributed by atoms with Gasteiger partial charge in [0.25, 0.3) is 0 Å². The molecule has 86 heavy (non-hydrogen) atoms. The van der Waals surface area contributed by atoms with E-state index in [0.717, 1.165) is 109 Å². The molecular weight excluding hydrogens is 1140 g/mol. The van der Waals surface area contributed by atoms with Crippen LogP contribution in [0.2, 0.25) is 0 Å². The third-order valence-corrected chi connectivity index (χ3v) is 17.4. The van der Waals surface area contributed by atoms with Gasteiger partial charge in [-0.2, -0.15) is 0 Å². The average molecular weight is 1270 g/mol.